The van der Waals surface area contributed by atoms with Crippen LogP contribution in [0.1, 0.15) is 96.7 Å². The van der Waals surface area contributed by atoms with E-state index < -0.39 is 11.5 Å². The average Bonchev–Trinajstić information content (AvgIpc) is 3.13. The number of carbonyl (C=O) groups is 2. The van der Waals surface area contributed by atoms with Gasteiger partial charge in [0.25, 0.3) is 5.56 Å². The number of halogens is 1. The molecule has 266 valence electrons. The van der Waals surface area contributed by atoms with Crippen molar-refractivity contribution in [3.8, 4) is 5.75 Å². The summed E-state index contributed by atoms with van der Waals surface area (Å²) in [5.41, 5.74) is 3.00. The number of anilines is 1. The number of Topliss-reactive ketones (excluding diaryl/α,β-unsaturated/α-hetero) is 1. The molecule has 2 unspecified atom stereocenters. The van der Waals surface area contributed by atoms with Crippen LogP contribution in [-0.2, 0) is 19.4 Å². The second kappa shape index (κ2) is 17.3. The molecule has 1 aromatic heterocycles. The molecule has 0 saturated heterocycles. The molecule has 4 aromatic carbocycles. The molecule has 5 rings (SSSR count). The highest BCUT2D eigenvalue weighted by Gasteiger charge is 2.45. The lowest BCUT2D eigenvalue weighted by molar-refractivity contribution is 0.0696. The van der Waals surface area contributed by atoms with Crippen molar-refractivity contribution in [1.29, 1.82) is 0 Å². The van der Waals surface area contributed by atoms with E-state index in [0.717, 1.165) is 61.0 Å². The maximum atomic E-state index is 15.0. The molecule has 0 fully saturated rings. The predicted octanol–water partition coefficient (Wildman–Crippen LogP) is 9.69. The summed E-state index contributed by atoms with van der Waals surface area (Å²) in [5.74, 6) is -0.145. The quantitative estimate of drug-likeness (QED) is 0.0776. The Kier molecular flexibility index (Phi) is 12.7. The number of carboxylic acids is 1. The van der Waals surface area contributed by atoms with Crippen LogP contribution in [0.25, 0.3) is 10.9 Å². The van der Waals surface area contributed by atoms with Crippen LogP contribution in [-0.4, -0.2) is 32.4 Å². The monoisotopic (exact) mass is 707 g/mol. The van der Waals surface area contributed by atoms with E-state index in [9.17, 15) is 19.5 Å². The Labute approximate surface area is 304 Å². The molecule has 0 aliphatic heterocycles. The minimum Gasteiger partial charge on any atom is -0.489 e. The number of H-pyrrole nitrogens is 1. The van der Waals surface area contributed by atoms with Gasteiger partial charge in [-0.15, -0.1) is 0 Å². The Hall–Kier alpha value is -4.95. The van der Waals surface area contributed by atoms with E-state index in [-0.39, 0.29) is 28.8 Å². The van der Waals surface area contributed by atoms with Gasteiger partial charge in [-0.05, 0) is 103 Å². The Morgan fingerprint density at radius 2 is 1.61 bits per heavy atom. The maximum absolute atomic E-state index is 15.0. The summed E-state index contributed by atoms with van der Waals surface area (Å²) < 4.78 is 6.27. The van der Waals surface area contributed by atoms with E-state index in [1.54, 1.807) is 66.7 Å². The van der Waals surface area contributed by atoms with Crippen molar-refractivity contribution in [2.24, 2.45) is 5.92 Å². The van der Waals surface area contributed by atoms with Crippen LogP contribution in [0.15, 0.2) is 95.8 Å². The van der Waals surface area contributed by atoms with Gasteiger partial charge in [-0.1, -0.05) is 94.5 Å². The number of carbonyl (C=O) groups excluding carboxylic acids is 1. The van der Waals surface area contributed by atoms with Gasteiger partial charge in [0.15, 0.2) is 5.78 Å². The Morgan fingerprint density at radius 1 is 0.902 bits per heavy atom. The van der Waals surface area contributed by atoms with Crippen LogP contribution in [0.4, 0.5) is 5.95 Å². The number of nitrogens with zero attached hydrogens (tertiary/aromatic N) is 1. The summed E-state index contributed by atoms with van der Waals surface area (Å²) in [6.07, 6.45) is 6.13. The fraction of sp³-hybridized carbons (Fsp3) is 0.333. The number of rotatable bonds is 18. The molecule has 0 amide bonds. The first kappa shape index (κ1) is 37.3. The number of benzene rings is 4. The third-order valence-electron chi connectivity index (χ3n) is 9.45. The zero-order valence-corrected chi connectivity index (χ0v) is 30.3. The fourth-order valence-corrected chi connectivity index (χ4v) is 6.95. The number of hydrogen-bond donors (Lipinski definition) is 3. The van der Waals surface area contributed by atoms with Crippen molar-refractivity contribution < 1.29 is 19.4 Å². The van der Waals surface area contributed by atoms with Crippen molar-refractivity contribution in [3.63, 3.8) is 0 Å². The molecule has 2 atom stereocenters. The summed E-state index contributed by atoms with van der Waals surface area (Å²) in [4.78, 5) is 47.2. The van der Waals surface area contributed by atoms with Crippen LogP contribution >= 0.6 is 11.6 Å². The highest BCUT2D eigenvalue weighted by Crippen LogP contribution is 2.38. The van der Waals surface area contributed by atoms with E-state index in [0.29, 0.717) is 40.9 Å². The standard InChI is InChI=1S/C42H46ClN3O5/c1-4-7-24-42(38(47)30-19-21-34(43)22-20-30,46-41-44-36-13-9-8-12-35(36)39(48)45-41)33(11-6-3)26-29-16-23-37(32(25-29)10-5-2)51-27-28-14-17-31(18-15-28)40(49)50/h8-9,12-23,25,33H,4-7,10-11,24,26-27H2,1-3H3,(H,49,50)(H2,44,45,46,48). The molecule has 0 radical (unpaired) electrons. The minimum atomic E-state index is -1.10. The van der Waals surface area contributed by atoms with Crippen LogP contribution < -0.4 is 15.6 Å². The van der Waals surface area contributed by atoms with E-state index in [4.69, 9.17) is 21.3 Å². The number of aromatic carboxylic acids is 1. The van der Waals surface area contributed by atoms with Crippen molar-refractivity contribution >= 4 is 40.2 Å². The summed E-state index contributed by atoms with van der Waals surface area (Å²) in [6, 6.07) is 27.2. The molecule has 0 aliphatic carbocycles. The highest BCUT2D eigenvalue weighted by atomic mass is 35.5. The minimum absolute atomic E-state index is 0.0653. The number of aromatic nitrogens is 2. The molecule has 0 aliphatic rings. The molecule has 8 nitrogen and oxygen atoms in total. The van der Waals surface area contributed by atoms with Gasteiger partial charge >= 0.3 is 5.97 Å². The Balaban J connectivity index is 1.54. The molecule has 51 heavy (non-hydrogen) atoms. The Bertz CT molecular complexity index is 2010. The SMILES string of the molecule is CCCCC(Nc1nc2ccccc2c(=O)[nH]1)(C(=O)c1ccc(Cl)cc1)C(CCC)Cc1ccc(OCc2ccc(C(=O)O)cc2)c(CCC)c1. The zero-order chi connectivity index (χ0) is 36.4. The smallest absolute Gasteiger partial charge is 0.335 e. The van der Waals surface area contributed by atoms with E-state index in [2.05, 4.69) is 43.2 Å². The molecule has 3 N–H and O–H groups in total. The number of para-hydroxylation sites is 1. The van der Waals surface area contributed by atoms with Gasteiger partial charge in [0, 0.05) is 10.6 Å². The van der Waals surface area contributed by atoms with Gasteiger partial charge in [-0.3, -0.25) is 14.6 Å². The lowest BCUT2D eigenvalue weighted by atomic mass is 9.70. The summed E-state index contributed by atoms with van der Waals surface area (Å²) in [7, 11) is 0. The number of carboxylic acid groups (broad SMARTS) is 1. The zero-order valence-electron chi connectivity index (χ0n) is 29.5. The number of hydrogen-bond acceptors (Lipinski definition) is 6. The largest absolute Gasteiger partial charge is 0.489 e. The number of unbranched alkanes of at least 4 members (excludes halogenated alkanes) is 1. The van der Waals surface area contributed by atoms with Gasteiger partial charge in [-0.25, -0.2) is 9.78 Å². The highest BCUT2D eigenvalue weighted by molar-refractivity contribution is 6.30. The average molecular weight is 708 g/mol. The molecule has 9 heteroatoms. The third-order valence-corrected chi connectivity index (χ3v) is 9.70. The molecule has 0 bridgehead atoms. The number of ketones is 1. The fourth-order valence-electron chi connectivity index (χ4n) is 6.82. The number of fused-ring (bicyclic) bond motifs is 1. The third kappa shape index (κ3) is 9.05. The first-order chi connectivity index (χ1) is 24.7. The van der Waals surface area contributed by atoms with Crippen LogP contribution in [0.5, 0.6) is 5.75 Å². The predicted molar refractivity (Wildman–Crippen MR) is 204 cm³/mol. The molecule has 5 aromatic rings. The summed E-state index contributed by atoms with van der Waals surface area (Å²) in [5, 5.41) is 13.8. The van der Waals surface area contributed by atoms with E-state index in [1.807, 2.05) is 12.1 Å². The first-order valence-corrected chi connectivity index (χ1v) is 18.2. The molecular formula is C42H46ClN3O5. The van der Waals surface area contributed by atoms with Gasteiger partial charge in [0.1, 0.15) is 17.9 Å². The topological polar surface area (TPSA) is 121 Å². The van der Waals surface area contributed by atoms with Gasteiger partial charge in [0.05, 0.1) is 16.5 Å². The first-order valence-electron chi connectivity index (χ1n) is 17.8. The molecule has 0 spiro atoms. The number of ether oxygens (including phenoxy) is 1. The lowest BCUT2D eigenvalue weighted by Gasteiger charge is -2.41. The Morgan fingerprint density at radius 3 is 2.29 bits per heavy atom. The maximum Gasteiger partial charge on any atom is 0.335 e. The summed E-state index contributed by atoms with van der Waals surface area (Å²) >= 11 is 6.26. The number of aromatic amines is 1. The van der Waals surface area contributed by atoms with Crippen molar-refractivity contribution in [2.45, 2.75) is 84.3 Å². The number of nitrogens with one attached hydrogen (secondary N) is 2. The van der Waals surface area contributed by atoms with E-state index in [1.165, 1.54) is 0 Å². The van der Waals surface area contributed by atoms with Crippen LogP contribution in [0, 0.1) is 5.92 Å². The van der Waals surface area contributed by atoms with E-state index >= 15 is 0 Å². The number of aryl methyl sites for hydroxylation is 1. The van der Waals surface area contributed by atoms with Crippen molar-refractivity contribution in [1.82, 2.24) is 9.97 Å². The van der Waals surface area contributed by atoms with Crippen LogP contribution in [0.3, 0.4) is 0 Å². The lowest BCUT2D eigenvalue weighted by Crippen LogP contribution is -2.54. The molecule has 0 saturated carbocycles. The normalized spacial score (nSPS) is 13.0. The van der Waals surface area contributed by atoms with Crippen LogP contribution in [0.2, 0.25) is 5.02 Å². The second-order valence-corrected chi connectivity index (χ2v) is 13.6. The van der Waals surface area contributed by atoms with Crippen molar-refractivity contribution in [3.05, 3.63) is 134 Å². The van der Waals surface area contributed by atoms with Gasteiger partial charge in [0.2, 0.25) is 5.95 Å². The van der Waals surface area contributed by atoms with Crippen molar-refractivity contribution in [2.75, 3.05) is 5.32 Å². The van der Waals surface area contributed by atoms with Gasteiger partial charge in [-0.2, -0.15) is 0 Å². The molecule has 1 heterocycles. The molecular weight excluding hydrogens is 662 g/mol. The van der Waals surface area contributed by atoms with Gasteiger partial charge < -0.3 is 15.2 Å². The second-order valence-electron chi connectivity index (χ2n) is 13.1. The summed E-state index contributed by atoms with van der Waals surface area (Å²) in [6.45, 7) is 6.68.